The van der Waals surface area contributed by atoms with E-state index in [2.05, 4.69) is 21.2 Å². The van der Waals surface area contributed by atoms with Gasteiger partial charge in [0.2, 0.25) is 0 Å². The van der Waals surface area contributed by atoms with Crippen LogP contribution in [0, 0.1) is 35.3 Å². The Kier molecular flexibility index (Phi) is 6.76. The quantitative estimate of drug-likeness (QED) is 0.215. The number of rotatable bonds is 6. The van der Waals surface area contributed by atoms with Crippen molar-refractivity contribution in [2.75, 3.05) is 12.4 Å². The summed E-state index contributed by atoms with van der Waals surface area (Å²) in [6.07, 6.45) is 1.50. The lowest BCUT2D eigenvalue weighted by molar-refractivity contribution is -0.384. The first-order chi connectivity index (χ1) is 15.2. The molecule has 0 atom stereocenters. The minimum atomic E-state index is -0.695. The molecule has 9 heteroatoms. The number of carbonyl (C=O) groups excluding carboxylic acids is 1. The number of ether oxygens (including phenoxy) is 1. The van der Waals surface area contributed by atoms with Crippen LogP contribution in [0.25, 0.3) is 11.8 Å². The lowest BCUT2D eigenvalue weighted by Gasteiger charge is -2.10. The third-order valence-corrected chi connectivity index (χ3v) is 5.39. The maximum absolute atomic E-state index is 12.8. The molecular weight excluding hydrogens is 476 g/mol. The first kappa shape index (κ1) is 22.8. The van der Waals surface area contributed by atoms with E-state index >= 15 is 0 Å². The van der Waals surface area contributed by atoms with Crippen molar-refractivity contribution in [3.05, 3.63) is 85.6 Å². The van der Waals surface area contributed by atoms with Gasteiger partial charge in [0.15, 0.2) is 0 Å². The Morgan fingerprint density at radius 3 is 2.50 bits per heavy atom. The number of carbonyl (C=O) groups is 1. The van der Waals surface area contributed by atoms with Crippen LogP contribution in [0.15, 0.2) is 58.6 Å². The average Bonchev–Trinajstić information content (AvgIpc) is 3.05. The first-order valence-corrected chi connectivity index (χ1v) is 10.2. The van der Waals surface area contributed by atoms with E-state index in [0.717, 1.165) is 21.5 Å². The van der Waals surface area contributed by atoms with Gasteiger partial charge in [-0.3, -0.25) is 14.9 Å². The summed E-state index contributed by atoms with van der Waals surface area (Å²) in [5.41, 5.74) is 3.21. The summed E-state index contributed by atoms with van der Waals surface area (Å²) in [6.45, 7) is 3.84. The van der Waals surface area contributed by atoms with Crippen LogP contribution in [0.4, 0.5) is 11.4 Å². The number of hydrogen-bond acceptors (Lipinski definition) is 5. The van der Waals surface area contributed by atoms with E-state index in [1.165, 1.54) is 31.4 Å². The molecule has 32 heavy (non-hydrogen) atoms. The number of methoxy groups -OCH3 is 1. The number of benzene rings is 2. The standard InChI is InChI=1S/C23H19BrN4O4/c1-14-10-16(15(2)27(14)19-6-4-18(24)5-7-19)11-17(13-25)23(29)26-21-12-20(28(30)31)8-9-22(21)32-3/h4-12H,1-3H3,(H,26,29)/b17-11+. The van der Waals surface area contributed by atoms with Gasteiger partial charge < -0.3 is 14.6 Å². The molecule has 0 aliphatic rings. The highest BCUT2D eigenvalue weighted by atomic mass is 79.9. The minimum Gasteiger partial charge on any atom is -0.495 e. The third-order valence-electron chi connectivity index (χ3n) is 4.86. The Morgan fingerprint density at radius 1 is 1.22 bits per heavy atom. The Balaban J connectivity index is 1.95. The van der Waals surface area contributed by atoms with Crippen LogP contribution in [-0.4, -0.2) is 22.5 Å². The maximum atomic E-state index is 12.8. The second kappa shape index (κ2) is 9.49. The molecule has 0 aliphatic carbocycles. The van der Waals surface area contributed by atoms with Crippen molar-refractivity contribution in [3.8, 4) is 17.5 Å². The van der Waals surface area contributed by atoms with Crippen LogP contribution in [-0.2, 0) is 4.79 Å². The van der Waals surface area contributed by atoms with Gasteiger partial charge in [0, 0.05) is 33.7 Å². The SMILES string of the molecule is COc1ccc([N+](=O)[O-])cc1NC(=O)/C(C#N)=C/c1cc(C)n(-c2ccc(Br)cc2)c1C. The monoisotopic (exact) mass is 494 g/mol. The molecule has 0 bridgehead atoms. The van der Waals surface area contributed by atoms with Crippen LogP contribution in [0.5, 0.6) is 5.75 Å². The number of hydrogen-bond donors (Lipinski definition) is 1. The third kappa shape index (κ3) is 4.71. The van der Waals surface area contributed by atoms with Crippen molar-refractivity contribution in [2.45, 2.75) is 13.8 Å². The molecule has 1 aromatic heterocycles. The molecule has 3 aromatic rings. The molecule has 0 radical (unpaired) electrons. The highest BCUT2D eigenvalue weighted by molar-refractivity contribution is 9.10. The normalized spacial score (nSPS) is 11.0. The van der Waals surface area contributed by atoms with E-state index in [0.29, 0.717) is 5.56 Å². The smallest absolute Gasteiger partial charge is 0.271 e. The number of anilines is 1. The van der Waals surface area contributed by atoms with E-state index in [1.54, 1.807) is 0 Å². The first-order valence-electron chi connectivity index (χ1n) is 9.45. The second-order valence-corrected chi connectivity index (χ2v) is 7.82. The van der Waals surface area contributed by atoms with Crippen LogP contribution in [0.3, 0.4) is 0 Å². The van der Waals surface area contributed by atoms with Crippen molar-refractivity contribution >= 4 is 39.3 Å². The molecule has 2 aromatic carbocycles. The average molecular weight is 495 g/mol. The van der Waals surface area contributed by atoms with Crippen molar-refractivity contribution in [3.63, 3.8) is 0 Å². The number of nitrogens with one attached hydrogen (secondary N) is 1. The number of amides is 1. The largest absolute Gasteiger partial charge is 0.495 e. The fourth-order valence-corrected chi connectivity index (χ4v) is 3.59. The summed E-state index contributed by atoms with van der Waals surface area (Å²) >= 11 is 3.42. The summed E-state index contributed by atoms with van der Waals surface area (Å²) in [7, 11) is 1.38. The molecule has 3 rings (SSSR count). The lowest BCUT2D eigenvalue weighted by Crippen LogP contribution is -2.14. The van der Waals surface area contributed by atoms with Crippen LogP contribution < -0.4 is 10.1 Å². The van der Waals surface area contributed by atoms with E-state index in [1.807, 2.05) is 54.8 Å². The predicted molar refractivity (Wildman–Crippen MR) is 125 cm³/mol. The van der Waals surface area contributed by atoms with Gasteiger partial charge in [-0.1, -0.05) is 15.9 Å². The lowest BCUT2D eigenvalue weighted by atomic mass is 10.1. The predicted octanol–water partition coefficient (Wildman–Crippen LogP) is 5.32. The highest BCUT2D eigenvalue weighted by Gasteiger charge is 2.17. The zero-order chi connectivity index (χ0) is 23.4. The van der Waals surface area contributed by atoms with E-state index in [9.17, 15) is 20.2 Å². The number of aromatic nitrogens is 1. The zero-order valence-electron chi connectivity index (χ0n) is 17.5. The molecular formula is C23H19BrN4O4. The number of nitro groups is 1. The Morgan fingerprint density at radius 2 is 1.91 bits per heavy atom. The van der Waals surface area contributed by atoms with Crippen molar-refractivity contribution in [2.24, 2.45) is 0 Å². The fraction of sp³-hybridized carbons (Fsp3) is 0.130. The summed E-state index contributed by atoms with van der Waals surface area (Å²) in [5, 5.41) is 23.2. The Bertz CT molecular complexity index is 1270. The summed E-state index contributed by atoms with van der Waals surface area (Å²) < 4.78 is 8.15. The van der Waals surface area contributed by atoms with Crippen molar-refractivity contribution < 1.29 is 14.5 Å². The van der Waals surface area contributed by atoms with Gasteiger partial charge in [0.05, 0.1) is 17.7 Å². The zero-order valence-corrected chi connectivity index (χ0v) is 19.1. The minimum absolute atomic E-state index is 0.105. The van der Waals surface area contributed by atoms with E-state index in [4.69, 9.17) is 4.74 Å². The maximum Gasteiger partial charge on any atom is 0.271 e. The van der Waals surface area contributed by atoms with Gasteiger partial charge in [-0.15, -0.1) is 0 Å². The van der Waals surface area contributed by atoms with Gasteiger partial charge in [-0.25, -0.2) is 0 Å². The molecule has 0 saturated carbocycles. The van der Waals surface area contributed by atoms with Gasteiger partial charge >= 0.3 is 0 Å². The Hall–Kier alpha value is -3.90. The fourth-order valence-electron chi connectivity index (χ4n) is 3.32. The molecule has 0 fully saturated rings. The molecule has 1 heterocycles. The molecule has 0 aliphatic heterocycles. The summed E-state index contributed by atoms with van der Waals surface area (Å²) in [4.78, 5) is 23.3. The number of aryl methyl sites for hydroxylation is 1. The number of non-ortho nitro benzene ring substituents is 1. The number of nitriles is 1. The molecule has 1 N–H and O–H groups in total. The summed E-state index contributed by atoms with van der Waals surface area (Å²) in [5.74, 6) is -0.450. The second-order valence-electron chi connectivity index (χ2n) is 6.90. The van der Waals surface area contributed by atoms with Gasteiger partial charge in [0.25, 0.3) is 11.6 Å². The van der Waals surface area contributed by atoms with Gasteiger partial charge in [-0.05, 0) is 61.9 Å². The number of nitro benzene ring substituents is 1. The number of nitrogens with zero attached hydrogens (tertiary/aromatic N) is 3. The number of halogens is 1. The Labute approximate surface area is 193 Å². The molecule has 162 valence electrons. The van der Waals surface area contributed by atoms with Crippen molar-refractivity contribution in [1.82, 2.24) is 4.57 Å². The van der Waals surface area contributed by atoms with Gasteiger partial charge in [0.1, 0.15) is 17.4 Å². The van der Waals surface area contributed by atoms with Gasteiger partial charge in [-0.2, -0.15) is 5.26 Å². The molecule has 0 unspecified atom stereocenters. The molecule has 0 saturated heterocycles. The molecule has 0 spiro atoms. The van der Waals surface area contributed by atoms with Crippen LogP contribution in [0.1, 0.15) is 17.0 Å². The topological polar surface area (TPSA) is 110 Å². The highest BCUT2D eigenvalue weighted by Crippen LogP contribution is 2.30. The van der Waals surface area contributed by atoms with E-state index < -0.39 is 10.8 Å². The van der Waals surface area contributed by atoms with Crippen LogP contribution >= 0.6 is 15.9 Å². The molecule has 1 amide bonds. The molecule has 8 nitrogen and oxygen atoms in total. The van der Waals surface area contributed by atoms with E-state index in [-0.39, 0.29) is 22.7 Å². The van der Waals surface area contributed by atoms with Crippen LogP contribution in [0.2, 0.25) is 0 Å². The summed E-state index contributed by atoms with van der Waals surface area (Å²) in [6, 6.07) is 15.4. The van der Waals surface area contributed by atoms with Crippen molar-refractivity contribution in [1.29, 1.82) is 5.26 Å².